The normalized spacial score (nSPS) is 17.3. The molecule has 1 atom stereocenters. The molecule has 6 nitrogen and oxygen atoms in total. The van der Waals surface area contributed by atoms with Gasteiger partial charge in [0, 0.05) is 18.1 Å². The van der Waals surface area contributed by atoms with Crippen LogP contribution in [-0.4, -0.2) is 32.0 Å². The van der Waals surface area contributed by atoms with Crippen molar-refractivity contribution in [3.05, 3.63) is 99.5 Å². The summed E-state index contributed by atoms with van der Waals surface area (Å²) >= 11 is 7.56. The number of nitrogens with zero attached hydrogens (tertiary/aromatic N) is 3. The second kappa shape index (κ2) is 9.32. The van der Waals surface area contributed by atoms with Crippen molar-refractivity contribution in [2.75, 3.05) is 0 Å². The van der Waals surface area contributed by atoms with Gasteiger partial charge in [0.15, 0.2) is 0 Å². The lowest BCUT2D eigenvalue weighted by molar-refractivity contribution is -0.133. The van der Waals surface area contributed by atoms with Crippen LogP contribution < -0.4 is 5.32 Å². The number of hydrogen-bond donors (Lipinski definition) is 1. The Bertz CT molecular complexity index is 1380. The minimum atomic E-state index is -1.13. The molecular formula is C27H25ClN4O2S. The first-order valence-corrected chi connectivity index (χ1v) is 12.6. The van der Waals surface area contributed by atoms with E-state index < -0.39 is 5.54 Å². The monoisotopic (exact) mass is 504 g/mol. The number of carbonyl (C=O) groups excluding carboxylic acids is 2. The van der Waals surface area contributed by atoms with E-state index in [-0.39, 0.29) is 18.4 Å². The number of halogens is 1. The van der Waals surface area contributed by atoms with Gasteiger partial charge in [0.05, 0.1) is 11.4 Å². The predicted molar refractivity (Wildman–Crippen MR) is 138 cm³/mol. The zero-order chi connectivity index (χ0) is 24.6. The second-order valence-electron chi connectivity index (χ2n) is 9.01. The number of benzene rings is 2. The number of nitrogens with one attached hydrogen (secondary N) is 1. The molecule has 35 heavy (non-hydrogen) atoms. The van der Waals surface area contributed by atoms with Crippen LogP contribution >= 0.6 is 22.9 Å². The predicted octanol–water partition coefficient (Wildman–Crippen LogP) is 5.30. The first-order chi connectivity index (χ1) is 16.8. The average Bonchev–Trinajstić information content (AvgIpc) is 3.51. The molecule has 8 heteroatoms. The second-order valence-corrected chi connectivity index (χ2v) is 10.4. The van der Waals surface area contributed by atoms with E-state index >= 15 is 0 Å². The van der Waals surface area contributed by atoms with Crippen LogP contribution in [0.25, 0.3) is 10.6 Å². The van der Waals surface area contributed by atoms with Gasteiger partial charge in [0.2, 0.25) is 5.91 Å². The number of thiophene rings is 1. The summed E-state index contributed by atoms with van der Waals surface area (Å²) in [6.45, 7) is 4.75. The molecule has 2 aromatic heterocycles. The van der Waals surface area contributed by atoms with Gasteiger partial charge in [-0.15, -0.1) is 11.3 Å². The molecule has 0 saturated carbocycles. The summed E-state index contributed by atoms with van der Waals surface area (Å²) in [6, 6.07) is 21.1. The number of fused-ring (bicyclic) bond motifs is 1. The summed E-state index contributed by atoms with van der Waals surface area (Å²) in [5.41, 5.74) is 3.11. The fourth-order valence-electron chi connectivity index (χ4n) is 4.40. The minimum absolute atomic E-state index is 0.211. The molecular weight excluding hydrogens is 480 g/mol. The van der Waals surface area contributed by atoms with Gasteiger partial charge in [-0.2, -0.15) is 5.10 Å². The van der Waals surface area contributed by atoms with Gasteiger partial charge < -0.3 is 10.2 Å². The quantitative estimate of drug-likeness (QED) is 0.387. The molecule has 0 unspecified atom stereocenters. The highest BCUT2D eigenvalue weighted by Crippen LogP contribution is 2.32. The van der Waals surface area contributed by atoms with Gasteiger partial charge in [0.25, 0.3) is 5.91 Å². The van der Waals surface area contributed by atoms with E-state index in [0.29, 0.717) is 23.8 Å². The Hall–Kier alpha value is -3.42. The number of amides is 2. The Balaban J connectivity index is 1.48. The van der Waals surface area contributed by atoms with Crippen LogP contribution in [0.2, 0.25) is 5.02 Å². The van der Waals surface area contributed by atoms with E-state index in [0.717, 1.165) is 27.3 Å². The number of hydrogen-bond acceptors (Lipinski definition) is 4. The molecule has 0 saturated heterocycles. The topological polar surface area (TPSA) is 67.2 Å². The Kier molecular flexibility index (Phi) is 6.21. The number of carbonyl (C=O) groups is 2. The molecule has 3 heterocycles. The third-order valence-corrected chi connectivity index (χ3v) is 7.49. The van der Waals surface area contributed by atoms with Crippen LogP contribution in [-0.2, 0) is 24.4 Å². The van der Waals surface area contributed by atoms with E-state index in [1.807, 2.05) is 73.8 Å². The van der Waals surface area contributed by atoms with Crippen LogP contribution in [0.5, 0.6) is 0 Å². The van der Waals surface area contributed by atoms with Gasteiger partial charge in [-0.05, 0) is 54.6 Å². The van der Waals surface area contributed by atoms with Crippen molar-refractivity contribution in [2.24, 2.45) is 0 Å². The fourth-order valence-corrected chi connectivity index (χ4v) is 5.21. The van der Waals surface area contributed by atoms with E-state index in [4.69, 9.17) is 16.7 Å². The number of rotatable bonds is 6. The molecule has 0 spiro atoms. The molecule has 1 aliphatic heterocycles. The molecule has 2 aromatic carbocycles. The highest BCUT2D eigenvalue weighted by atomic mass is 35.5. The smallest absolute Gasteiger partial charge is 0.273 e. The van der Waals surface area contributed by atoms with Gasteiger partial charge in [0.1, 0.15) is 16.9 Å². The maximum Gasteiger partial charge on any atom is 0.273 e. The molecule has 1 aliphatic rings. The van der Waals surface area contributed by atoms with Gasteiger partial charge in [-0.1, -0.05) is 59.6 Å². The zero-order valence-electron chi connectivity index (χ0n) is 19.5. The lowest BCUT2D eigenvalue weighted by Crippen LogP contribution is -2.63. The van der Waals surface area contributed by atoms with Crippen molar-refractivity contribution in [3.8, 4) is 10.6 Å². The van der Waals surface area contributed by atoms with Gasteiger partial charge in [-0.3, -0.25) is 14.3 Å². The van der Waals surface area contributed by atoms with Crippen LogP contribution in [0.15, 0.2) is 72.1 Å². The largest absolute Gasteiger partial charge is 0.350 e. The Morgan fingerprint density at radius 2 is 1.91 bits per heavy atom. The molecule has 2 amide bonds. The van der Waals surface area contributed by atoms with Gasteiger partial charge in [-0.25, -0.2) is 0 Å². The SMILES string of the molecule is Cc1cccc(CN2C(=O)c3cc(-c4cccs4)nn3C[C@]2(C)C(=O)NCc2ccc(Cl)cc2)c1. The third kappa shape index (κ3) is 4.61. The first kappa shape index (κ1) is 23.3. The molecule has 178 valence electrons. The van der Waals surface area contributed by atoms with E-state index in [9.17, 15) is 9.59 Å². The Morgan fingerprint density at radius 1 is 1.11 bits per heavy atom. The summed E-state index contributed by atoms with van der Waals surface area (Å²) in [6.07, 6.45) is 0. The Labute approximate surface area is 213 Å². The number of aryl methyl sites for hydroxylation is 1. The van der Waals surface area contributed by atoms with Crippen molar-refractivity contribution >= 4 is 34.8 Å². The van der Waals surface area contributed by atoms with Crippen molar-refractivity contribution < 1.29 is 9.59 Å². The van der Waals surface area contributed by atoms with Crippen molar-refractivity contribution in [3.63, 3.8) is 0 Å². The van der Waals surface area contributed by atoms with E-state index in [2.05, 4.69) is 5.32 Å². The standard InChI is InChI=1S/C27H25ClN4O2S/c1-18-5-3-6-20(13-18)16-31-25(33)23-14-22(24-7-4-12-35-24)30-32(23)17-27(31,2)26(34)29-15-19-8-10-21(28)11-9-19/h3-14H,15-17H2,1-2H3,(H,29,34)/t27-/m1/s1. The molecule has 5 rings (SSSR count). The Morgan fingerprint density at radius 3 is 2.63 bits per heavy atom. The minimum Gasteiger partial charge on any atom is -0.350 e. The third-order valence-electron chi connectivity index (χ3n) is 6.35. The molecule has 0 bridgehead atoms. The van der Waals surface area contributed by atoms with Crippen molar-refractivity contribution in [2.45, 2.75) is 39.0 Å². The van der Waals surface area contributed by atoms with Crippen LogP contribution in [0, 0.1) is 6.92 Å². The highest BCUT2D eigenvalue weighted by Gasteiger charge is 2.48. The first-order valence-electron chi connectivity index (χ1n) is 11.4. The van der Waals surface area contributed by atoms with Crippen molar-refractivity contribution in [1.82, 2.24) is 20.0 Å². The van der Waals surface area contributed by atoms with Crippen LogP contribution in [0.3, 0.4) is 0 Å². The lowest BCUT2D eigenvalue weighted by Gasteiger charge is -2.43. The molecule has 1 N–H and O–H groups in total. The maximum absolute atomic E-state index is 13.8. The van der Waals surface area contributed by atoms with Crippen LogP contribution in [0.4, 0.5) is 0 Å². The number of aromatic nitrogens is 2. The maximum atomic E-state index is 13.8. The van der Waals surface area contributed by atoms with E-state index in [1.54, 1.807) is 33.1 Å². The van der Waals surface area contributed by atoms with Gasteiger partial charge >= 0.3 is 0 Å². The summed E-state index contributed by atoms with van der Waals surface area (Å²) in [5.74, 6) is -0.440. The van der Waals surface area contributed by atoms with Crippen LogP contribution in [0.1, 0.15) is 34.1 Å². The summed E-state index contributed by atoms with van der Waals surface area (Å²) in [7, 11) is 0. The molecule has 0 fully saturated rings. The summed E-state index contributed by atoms with van der Waals surface area (Å²) < 4.78 is 1.67. The van der Waals surface area contributed by atoms with E-state index in [1.165, 1.54) is 0 Å². The summed E-state index contributed by atoms with van der Waals surface area (Å²) in [4.78, 5) is 30.1. The highest BCUT2D eigenvalue weighted by molar-refractivity contribution is 7.13. The van der Waals surface area contributed by atoms with Crippen molar-refractivity contribution in [1.29, 1.82) is 0 Å². The fraction of sp³-hybridized carbons (Fsp3) is 0.222. The molecule has 0 aliphatic carbocycles. The summed E-state index contributed by atoms with van der Waals surface area (Å²) in [5, 5.41) is 10.3. The lowest BCUT2D eigenvalue weighted by atomic mass is 9.93. The molecule has 0 radical (unpaired) electrons. The average molecular weight is 505 g/mol. The zero-order valence-corrected chi connectivity index (χ0v) is 21.1. The molecule has 4 aromatic rings.